The summed E-state index contributed by atoms with van der Waals surface area (Å²) in [6, 6.07) is 9.34. The molecule has 1 aliphatic heterocycles. The summed E-state index contributed by atoms with van der Waals surface area (Å²) in [5.41, 5.74) is 1.36. The zero-order valence-corrected chi connectivity index (χ0v) is 13.0. The number of halogens is 1. The predicted molar refractivity (Wildman–Crippen MR) is 82.7 cm³/mol. The van der Waals surface area contributed by atoms with E-state index in [2.05, 4.69) is 43.1 Å². The van der Waals surface area contributed by atoms with Crippen molar-refractivity contribution in [1.82, 2.24) is 10.2 Å². The van der Waals surface area contributed by atoms with Crippen molar-refractivity contribution in [2.24, 2.45) is 5.92 Å². The standard InChI is InChI=1S/C16H25ClN2/c1-12(2)18-10-14-8-9-19(11-14)13(3)15-4-6-16(17)7-5-15/h4-7,12-14,18H,8-11H2,1-3H3. The Morgan fingerprint density at radius 3 is 2.58 bits per heavy atom. The predicted octanol–water partition coefficient (Wildman–Crippen LogP) is 3.72. The summed E-state index contributed by atoms with van der Waals surface area (Å²) < 4.78 is 0. The van der Waals surface area contributed by atoms with E-state index in [1.165, 1.54) is 25.1 Å². The van der Waals surface area contributed by atoms with Crippen LogP contribution in [0.3, 0.4) is 0 Å². The van der Waals surface area contributed by atoms with Gasteiger partial charge in [-0.1, -0.05) is 37.6 Å². The molecule has 0 saturated carbocycles. The second-order valence-corrected chi connectivity index (χ2v) is 6.38. The lowest BCUT2D eigenvalue weighted by atomic mass is 10.1. The van der Waals surface area contributed by atoms with Crippen LogP contribution < -0.4 is 5.32 Å². The van der Waals surface area contributed by atoms with Gasteiger partial charge in [0.1, 0.15) is 0 Å². The lowest BCUT2D eigenvalue weighted by Crippen LogP contribution is -2.31. The van der Waals surface area contributed by atoms with Crippen LogP contribution in [0.1, 0.15) is 38.8 Å². The number of hydrogen-bond donors (Lipinski definition) is 1. The zero-order valence-electron chi connectivity index (χ0n) is 12.2. The first-order valence-corrected chi connectivity index (χ1v) is 7.67. The van der Waals surface area contributed by atoms with Crippen LogP contribution in [0.2, 0.25) is 5.02 Å². The smallest absolute Gasteiger partial charge is 0.0406 e. The fourth-order valence-corrected chi connectivity index (χ4v) is 2.86. The third kappa shape index (κ3) is 4.20. The topological polar surface area (TPSA) is 15.3 Å². The van der Waals surface area contributed by atoms with E-state index in [0.29, 0.717) is 12.1 Å². The first kappa shape index (κ1) is 14.8. The number of likely N-dealkylation sites (tertiary alicyclic amines) is 1. The molecule has 1 aromatic carbocycles. The fraction of sp³-hybridized carbons (Fsp3) is 0.625. The molecule has 106 valence electrons. The van der Waals surface area contributed by atoms with Gasteiger partial charge < -0.3 is 5.32 Å². The van der Waals surface area contributed by atoms with Crippen LogP contribution in [0.15, 0.2) is 24.3 Å². The van der Waals surface area contributed by atoms with Crippen molar-refractivity contribution in [3.63, 3.8) is 0 Å². The highest BCUT2D eigenvalue weighted by atomic mass is 35.5. The van der Waals surface area contributed by atoms with Gasteiger partial charge in [0.2, 0.25) is 0 Å². The van der Waals surface area contributed by atoms with E-state index in [0.717, 1.165) is 17.5 Å². The molecule has 0 bridgehead atoms. The van der Waals surface area contributed by atoms with Crippen molar-refractivity contribution in [3.8, 4) is 0 Å². The summed E-state index contributed by atoms with van der Waals surface area (Å²) in [6.45, 7) is 10.3. The lowest BCUT2D eigenvalue weighted by Gasteiger charge is -2.25. The van der Waals surface area contributed by atoms with Crippen molar-refractivity contribution >= 4 is 11.6 Å². The maximum atomic E-state index is 5.95. The van der Waals surface area contributed by atoms with Gasteiger partial charge in [0.25, 0.3) is 0 Å². The van der Waals surface area contributed by atoms with Crippen LogP contribution in [0, 0.1) is 5.92 Å². The molecule has 3 heteroatoms. The van der Waals surface area contributed by atoms with Crippen LogP contribution in [0.25, 0.3) is 0 Å². The number of rotatable bonds is 5. The van der Waals surface area contributed by atoms with E-state index in [1.807, 2.05) is 12.1 Å². The summed E-state index contributed by atoms with van der Waals surface area (Å²) in [7, 11) is 0. The quantitative estimate of drug-likeness (QED) is 0.884. The molecule has 2 atom stereocenters. The second-order valence-electron chi connectivity index (χ2n) is 5.94. The normalized spacial score (nSPS) is 22.1. The van der Waals surface area contributed by atoms with Crippen LogP contribution in [-0.2, 0) is 0 Å². The van der Waals surface area contributed by atoms with Crippen LogP contribution in [0.4, 0.5) is 0 Å². The third-order valence-electron chi connectivity index (χ3n) is 4.03. The van der Waals surface area contributed by atoms with Gasteiger partial charge in [-0.25, -0.2) is 0 Å². The highest BCUT2D eigenvalue weighted by Crippen LogP contribution is 2.27. The van der Waals surface area contributed by atoms with Gasteiger partial charge in [-0.3, -0.25) is 4.90 Å². The zero-order chi connectivity index (χ0) is 13.8. The number of nitrogens with one attached hydrogen (secondary N) is 1. The van der Waals surface area contributed by atoms with Crippen molar-refractivity contribution in [2.45, 2.75) is 39.3 Å². The Balaban J connectivity index is 1.87. The minimum absolute atomic E-state index is 0.487. The summed E-state index contributed by atoms with van der Waals surface area (Å²) in [5.74, 6) is 0.789. The Hall–Kier alpha value is -0.570. The van der Waals surface area contributed by atoms with Gasteiger partial charge >= 0.3 is 0 Å². The fourth-order valence-electron chi connectivity index (χ4n) is 2.74. The molecule has 2 unspecified atom stereocenters. The van der Waals surface area contributed by atoms with E-state index >= 15 is 0 Å². The molecule has 0 amide bonds. The van der Waals surface area contributed by atoms with Gasteiger partial charge in [-0.15, -0.1) is 0 Å². The van der Waals surface area contributed by atoms with Gasteiger partial charge in [-0.2, -0.15) is 0 Å². The monoisotopic (exact) mass is 280 g/mol. The van der Waals surface area contributed by atoms with E-state index in [9.17, 15) is 0 Å². The molecule has 0 radical (unpaired) electrons. The maximum absolute atomic E-state index is 5.95. The highest BCUT2D eigenvalue weighted by molar-refractivity contribution is 6.30. The number of benzene rings is 1. The largest absolute Gasteiger partial charge is 0.314 e. The van der Waals surface area contributed by atoms with Crippen LogP contribution >= 0.6 is 11.6 Å². The van der Waals surface area contributed by atoms with E-state index in [1.54, 1.807) is 0 Å². The van der Waals surface area contributed by atoms with Gasteiger partial charge in [0.05, 0.1) is 0 Å². The van der Waals surface area contributed by atoms with Crippen molar-refractivity contribution in [1.29, 1.82) is 0 Å². The Morgan fingerprint density at radius 1 is 1.26 bits per heavy atom. The minimum Gasteiger partial charge on any atom is -0.314 e. The van der Waals surface area contributed by atoms with E-state index < -0.39 is 0 Å². The summed E-state index contributed by atoms with van der Waals surface area (Å²) >= 11 is 5.95. The molecule has 1 aromatic rings. The van der Waals surface area contributed by atoms with Crippen molar-refractivity contribution in [2.75, 3.05) is 19.6 Å². The first-order chi connectivity index (χ1) is 9.06. The second kappa shape index (κ2) is 6.74. The molecular weight excluding hydrogens is 256 g/mol. The molecule has 2 rings (SSSR count). The molecule has 0 aliphatic carbocycles. The van der Waals surface area contributed by atoms with Crippen molar-refractivity contribution < 1.29 is 0 Å². The first-order valence-electron chi connectivity index (χ1n) is 7.29. The molecular formula is C16H25ClN2. The number of nitrogens with zero attached hydrogens (tertiary/aromatic N) is 1. The molecule has 1 fully saturated rings. The van der Waals surface area contributed by atoms with Gasteiger partial charge in [0, 0.05) is 23.7 Å². The number of hydrogen-bond acceptors (Lipinski definition) is 2. The minimum atomic E-state index is 0.487. The average Bonchev–Trinajstić information content (AvgIpc) is 2.85. The van der Waals surface area contributed by atoms with Crippen LogP contribution in [-0.4, -0.2) is 30.6 Å². The molecule has 1 saturated heterocycles. The SMILES string of the molecule is CC(C)NCC1CCN(C(C)c2ccc(Cl)cc2)C1. The summed E-state index contributed by atoms with van der Waals surface area (Å²) in [5, 5.41) is 4.37. The Morgan fingerprint density at radius 2 is 1.95 bits per heavy atom. The Labute approximate surface area is 122 Å². The summed E-state index contributed by atoms with van der Waals surface area (Å²) in [6.07, 6.45) is 1.30. The third-order valence-corrected chi connectivity index (χ3v) is 4.28. The molecule has 19 heavy (non-hydrogen) atoms. The maximum Gasteiger partial charge on any atom is 0.0406 e. The molecule has 1 heterocycles. The van der Waals surface area contributed by atoms with Crippen molar-refractivity contribution in [3.05, 3.63) is 34.9 Å². The van der Waals surface area contributed by atoms with Gasteiger partial charge in [-0.05, 0) is 50.0 Å². The van der Waals surface area contributed by atoms with E-state index in [4.69, 9.17) is 11.6 Å². The van der Waals surface area contributed by atoms with E-state index in [-0.39, 0.29) is 0 Å². The molecule has 1 aliphatic rings. The molecule has 0 spiro atoms. The molecule has 2 nitrogen and oxygen atoms in total. The lowest BCUT2D eigenvalue weighted by molar-refractivity contribution is 0.251. The molecule has 1 N–H and O–H groups in total. The average molecular weight is 281 g/mol. The van der Waals surface area contributed by atoms with Crippen LogP contribution in [0.5, 0.6) is 0 Å². The molecule has 0 aromatic heterocycles. The van der Waals surface area contributed by atoms with Gasteiger partial charge in [0.15, 0.2) is 0 Å². The summed E-state index contributed by atoms with van der Waals surface area (Å²) in [4.78, 5) is 2.58. The Kier molecular flexibility index (Phi) is 5.26. The highest BCUT2D eigenvalue weighted by Gasteiger charge is 2.26. The Bertz CT molecular complexity index is 388.